The lowest BCUT2D eigenvalue weighted by atomic mass is 10.0. The van der Waals surface area contributed by atoms with Crippen molar-refractivity contribution in [3.63, 3.8) is 0 Å². The van der Waals surface area contributed by atoms with Gasteiger partial charge in [-0.15, -0.1) is 11.3 Å². The summed E-state index contributed by atoms with van der Waals surface area (Å²) in [6, 6.07) is 3.12. The van der Waals surface area contributed by atoms with Crippen molar-refractivity contribution in [2.45, 2.75) is 25.0 Å². The fourth-order valence-corrected chi connectivity index (χ4v) is 4.15. The van der Waals surface area contributed by atoms with E-state index in [0.717, 1.165) is 4.88 Å². The fraction of sp³-hybridized carbons (Fsp3) is 0.375. The zero-order chi connectivity index (χ0) is 17.6. The summed E-state index contributed by atoms with van der Waals surface area (Å²) in [6.07, 6.45) is 0.663. The second kappa shape index (κ2) is 6.53. The lowest BCUT2D eigenvalue weighted by Crippen LogP contribution is -2.47. The molecule has 1 fully saturated rings. The van der Waals surface area contributed by atoms with Gasteiger partial charge in [0.25, 0.3) is 5.91 Å². The molecule has 4 rings (SSSR count). The summed E-state index contributed by atoms with van der Waals surface area (Å²) in [6.45, 7) is 1.12. The molecule has 0 aromatic carbocycles. The summed E-state index contributed by atoms with van der Waals surface area (Å²) in [5.41, 5.74) is 7.08. The molecule has 0 spiro atoms. The van der Waals surface area contributed by atoms with Gasteiger partial charge in [-0.05, 0) is 18.6 Å². The van der Waals surface area contributed by atoms with Crippen molar-refractivity contribution in [1.82, 2.24) is 10.3 Å². The Balaban J connectivity index is 1.79. The second-order valence-corrected chi connectivity index (χ2v) is 7.76. The van der Waals surface area contributed by atoms with Gasteiger partial charge in [0.15, 0.2) is 11.6 Å². The molecular weight excluding hydrogens is 367 g/mol. The molecule has 2 atom stereocenters. The summed E-state index contributed by atoms with van der Waals surface area (Å²) in [7, 11) is 0. The van der Waals surface area contributed by atoms with Gasteiger partial charge in [0.2, 0.25) is 0 Å². The van der Waals surface area contributed by atoms with Gasteiger partial charge in [-0.3, -0.25) is 4.79 Å². The van der Waals surface area contributed by atoms with Crippen LogP contribution in [0.4, 0.5) is 10.2 Å². The maximum absolute atomic E-state index is 14.9. The molecule has 4 N–H and O–H groups in total. The van der Waals surface area contributed by atoms with E-state index in [1.165, 1.54) is 11.3 Å². The van der Waals surface area contributed by atoms with Crippen molar-refractivity contribution in [3.05, 3.63) is 33.4 Å². The SMILES string of the molecule is NC1COCCC1Nc1nc(-c2ccc(Cl)s2)c2c(c1F)CNC2=O. The molecule has 25 heavy (non-hydrogen) atoms. The number of hydrogen-bond donors (Lipinski definition) is 3. The summed E-state index contributed by atoms with van der Waals surface area (Å²) in [5, 5.41) is 5.76. The van der Waals surface area contributed by atoms with Gasteiger partial charge in [0.1, 0.15) is 0 Å². The summed E-state index contributed by atoms with van der Waals surface area (Å²) < 4.78 is 20.8. The maximum Gasteiger partial charge on any atom is 0.254 e. The Morgan fingerprint density at radius 1 is 1.48 bits per heavy atom. The molecule has 2 unspecified atom stereocenters. The number of anilines is 1. The minimum Gasteiger partial charge on any atom is -0.380 e. The van der Waals surface area contributed by atoms with Crippen LogP contribution >= 0.6 is 22.9 Å². The number of nitrogens with two attached hydrogens (primary N) is 1. The van der Waals surface area contributed by atoms with E-state index in [1.54, 1.807) is 12.1 Å². The molecule has 132 valence electrons. The molecular formula is C16H16ClFN4O2S. The van der Waals surface area contributed by atoms with E-state index >= 15 is 0 Å². The number of thiophene rings is 1. The van der Waals surface area contributed by atoms with Gasteiger partial charge in [-0.2, -0.15) is 0 Å². The van der Waals surface area contributed by atoms with Gasteiger partial charge in [-0.25, -0.2) is 9.37 Å². The molecule has 6 nitrogen and oxygen atoms in total. The second-order valence-electron chi connectivity index (χ2n) is 6.04. The first-order chi connectivity index (χ1) is 12.0. The van der Waals surface area contributed by atoms with E-state index in [2.05, 4.69) is 15.6 Å². The van der Waals surface area contributed by atoms with Gasteiger partial charge < -0.3 is 21.1 Å². The van der Waals surface area contributed by atoms with Crippen molar-refractivity contribution in [3.8, 4) is 10.6 Å². The Morgan fingerprint density at radius 3 is 3.04 bits per heavy atom. The van der Waals surface area contributed by atoms with E-state index in [1.807, 2.05) is 0 Å². The molecule has 1 amide bonds. The van der Waals surface area contributed by atoms with E-state index in [-0.39, 0.29) is 35.9 Å². The molecule has 2 aromatic rings. The summed E-state index contributed by atoms with van der Waals surface area (Å²) in [4.78, 5) is 17.3. The zero-order valence-corrected chi connectivity index (χ0v) is 14.7. The molecule has 0 aliphatic carbocycles. The third-order valence-corrected chi connectivity index (χ3v) is 5.65. The average molecular weight is 383 g/mol. The van der Waals surface area contributed by atoms with Crippen LogP contribution in [0.25, 0.3) is 10.6 Å². The number of carbonyl (C=O) groups excluding carboxylic acids is 1. The highest BCUT2D eigenvalue weighted by Crippen LogP contribution is 2.37. The van der Waals surface area contributed by atoms with Crippen LogP contribution in [0.3, 0.4) is 0 Å². The van der Waals surface area contributed by atoms with E-state index < -0.39 is 5.82 Å². The van der Waals surface area contributed by atoms with Gasteiger partial charge >= 0.3 is 0 Å². The normalized spacial score (nSPS) is 22.6. The standard InChI is InChI=1S/C16H16ClFN4O2S/c17-11-2-1-10(25-11)14-12-7(5-20-16(12)23)13(18)15(22-14)21-9-3-4-24-6-8(9)19/h1-2,8-9H,3-6,19H2,(H,20,23)(H,21,22). The Morgan fingerprint density at radius 2 is 2.32 bits per heavy atom. The van der Waals surface area contributed by atoms with Crippen molar-refractivity contribution in [2.24, 2.45) is 5.73 Å². The number of pyridine rings is 1. The number of carbonyl (C=O) groups is 1. The molecule has 2 aromatic heterocycles. The third-order valence-electron chi connectivity index (χ3n) is 4.42. The summed E-state index contributed by atoms with van der Waals surface area (Å²) in [5.74, 6) is -0.731. The number of amides is 1. The molecule has 2 aliphatic rings. The molecule has 2 aliphatic heterocycles. The van der Waals surface area contributed by atoms with Crippen molar-refractivity contribution in [1.29, 1.82) is 0 Å². The number of aromatic nitrogens is 1. The predicted octanol–water partition coefficient (Wildman–Crippen LogP) is 2.37. The third kappa shape index (κ3) is 2.99. The Hall–Kier alpha value is -1.74. The van der Waals surface area contributed by atoms with Crippen molar-refractivity contribution in [2.75, 3.05) is 18.5 Å². The molecule has 1 saturated heterocycles. The topological polar surface area (TPSA) is 89.3 Å². The first-order valence-corrected chi connectivity index (χ1v) is 9.10. The van der Waals surface area contributed by atoms with Gasteiger partial charge in [-0.1, -0.05) is 11.6 Å². The fourth-order valence-electron chi connectivity index (χ4n) is 3.11. The number of nitrogens with zero attached hydrogens (tertiary/aromatic N) is 1. The molecule has 0 radical (unpaired) electrons. The lowest BCUT2D eigenvalue weighted by Gasteiger charge is -2.30. The summed E-state index contributed by atoms with van der Waals surface area (Å²) >= 11 is 7.31. The van der Waals surface area contributed by atoms with Crippen molar-refractivity contribution >= 4 is 34.7 Å². The Bertz CT molecular complexity index is 844. The van der Waals surface area contributed by atoms with Gasteiger partial charge in [0, 0.05) is 30.8 Å². The Labute approximate surface area is 152 Å². The van der Waals surface area contributed by atoms with Crippen molar-refractivity contribution < 1.29 is 13.9 Å². The number of rotatable bonds is 3. The highest BCUT2D eigenvalue weighted by Gasteiger charge is 2.32. The van der Waals surface area contributed by atoms with Crippen LogP contribution in [0.2, 0.25) is 4.34 Å². The van der Waals surface area contributed by atoms with Crippen LogP contribution in [-0.4, -0.2) is 36.2 Å². The van der Waals surface area contributed by atoms with Gasteiger partial charge in [0.05, 0.1) is 27.1 Å². The highest BCUT2D eigenvalue weighted by atomic mass is 35.5. The van der Waals surface area contributed by atoms with E-state index in [9.17, 15) is 9.18 Å². The van der Waals surface area contributed by atoms with Crippen LogP contribution in [0.5, 0.6) is 0 Å². The number of hydrogen-bond acceptors (Lipinski definition) is 6. The van der Waals surface area contributed by atoms with E-state index in [4.69, 9.17) is 22.1 Å². The number of fused-ring (bicyclic) bond motifs is 1. The minimum atomic E-state index is -0.515. The number of nitrogens with one attached hydrogen (secondary N) is 2. The number of halogens is 2. The average Bonchev–Trinajstić information content (AvgIpc) is 3.19. The largest absolute Gasteiger partial charge is 0.380 e. The van der Waals surface area contributed by atoms with Crippen LogP contribution in [0.1, 0.15) is 22.3 Å². The monoisotopic (exact) mass is 382 g/mol. The predicted molar refractivity (Wildman–Crippen MR) is 94.5 cm³/mol. The molecule has 9 heteroatoms. The quantitative estimate of drug-likeness (QED) is 0.758. The minimum absolute atomic E-state index is 0.108. The van der Waals surface area contributed by atoms with Crippen LogP contribution in [0, 0.1) is 5.82 Å². The lowest BCUT2D eigenvalue weighted by molar-refractivity contribution is 0.0751. The number of ether oxygens (including phenoxy) is 1. The zero-order valence-electron chi connectivity index (χ0n) is 13.1. The smallest absolute Gasteiger partial charge is 0.254 e. The van der Waals surface area contributed by atoms with Crippen LogP contribution in [-0.2, 0) is 11.3 Å². The van der Waals surface area contributed by atoms with Crippen LogP contribution < -0.4 is 16.4 Å². The van der Waals surface area contributed by atoms with E-state index in [0.29, 0.717) is 35.2 Å². The van der Waals surface area contributed by atoms with Crippen LogP contribution in [0.15, 0.2) is 12.1 Å². The molecule has 0 saturated carbocycles. The Kier molecular flexibility index (Phi) is 4.36. The molecule has 0 bridgehead atoms. The highest BCUT2D eigenvalue weighted by molar-refractivity contribution is 7.19. The first kappa shape index (κ1) is 16.7. The maximum atomic E-state index is 14.9. The first-order valence-electron chi connectivity index (χ1n) is 7.90. The molecule has 4 heterocycles.